The van der Waals surface area contributed by atoms with E-state index in [4.69, 9.17) is 24.4 Å². The summed E-state index contributed by atoms with van der Waals surface area (Å²) in [5.74, 6) is 0.704. The van der Waals surface area contributed by atoms with Crippen molar-refractivity contribution in [1.29, 1.82) is 0 Å². The highest BCUT2D eigenvalue weighted by molar-refractivity contribution is 5.93. The van der Waals surface area contributed by atoms with E-state index in [0.717, 1.165) is 78.3 Å². The maximum atomic E-state index is 15.9. The van der Waals surface area contributed by atoms with Gasteiger partial charge >= 0.3 is 0 Å². The molecule has 0 fully saturated rings. The van der Waals surface area contributed by atoms with Crippen molar-refractivity contribution in [3.8, 4) is 89.8 Å². The van der Waals surface area contributed by atoms with Gasteiger partial charge in [-0.25, -0.2) is 4.39 Å². The molecule has 0 amide bonds. The maximum Gasteiger partial charge on any atom is 0.130 e. The van der Waals surface area contributed by atoms with Crippen molar-refractivity contribution in [2.24, 2.45) is 0 Å². The van der Waals surface area contributed by atoms with Crippen LogP contribution in [0.25, 0.3) is 78.3 Å². The molecule has 69 heavy (non-hydrogen) atoms. The quantitative estimate of drug-likeness (QED) is 0.115. The van der Waals surface area contributed by atoms with Gasteiger partial charge in [-0.15, -0.1) is 0 Å². The summed E-state index contributed by atoms with van der Waals surface area (Å²) in [6.07, 6.45) is 5.63. The van der Waals surface area contributed by atoms with Crippen LogP contribution < -0.4 is 9.47 Å². The number of benzene rings is 7. The molecule has 10 rings (SSSR count). The molecule has 10 aromatic rings. The van der Waals surface area contributed by atoms with Gasteiger partial charge in [0.15, 0.2) is 0 Å². The third-order valence-corrected chi connectivity index (χ3v) is 12.5. The van der Waals surface area contributed by atoms with E-state index < -0.39 is 11.2 Å². The van der Waals surface area contributed by atoms with Crippen molar-refractivity contribution in [3.05, 3.63) is 248 Å². The third kappa shape index (κ3) is 9.83. The summed E-state index contributed by atoms with van der Waals surface area (Å²) in [5.41, 5.74) is 13.0. The number of hydrogen-bond donors (Lipinski definition) is 0. The fourth-order valence-corrected chi connectivity index (χ4v) is 8.75. The molecule has 0 atom stereocenters. The summed E-state index contributed by atoms with van der Waals surface area (Å²) in [7, 11) is 0. The number of ether oxygens (including phenoxy) is 2. The zero-order chi connectivity index (χ0) is 47.4. The zero-order valence-electron chi connectivity index (χ0n) is 39.0. The normalized spacial score (nSPS) is 11.6. The van der Waals surface area contributed by atoms with E-state index in [-0.39, 0.29) is 5.82 Å². The molecule has 7 aromatic carbocycles. The molecule has 0 spiro atoms. The summed E-state index contributed by atoms with van der Waals surface area (Å²) in [4.78, 5) is 14.7. The minimum absolute atomic E-state index is 0.375. The second-order valence-corrected chi connectivity index (χ2v) is 18.1. The van der Waals surface area contributed by atoms with Crippen LogP contribution in [0.15, 0.2) is 231 Å². The Morgan fingerprint density at radius 2 is 0.739 bits per heavy atom. The topological polar surface area (TPSA) is 57.1 Å². The van der Waals surface area contributed by atoms with Crippen LogP contribution in [0.4, 0.5) is 4.39 Å². The first kappa shape index (κ1) is 44.4. The minimum atomic E-state index is -0.828. The predicted octanol–water partition coefficient (Wildman–Crippen LogP) is 16.3. The fourth-order valence-electron chi connectivity index (χ4n) is 8.75. The lowest BCUT2D eigenvalue weighted by atomic mass is 9.89. The molecule has 0 N–H and O–H groups in total. The molecule has 0 aliphatic carbocycles. The molecule has 6 heteroatoms. The molecule has 0 radical (unpaired) electrons. The van der Waals surface area contributed by atoms with Gasteiger partial charge in [-0.3, -0.25) is 15.0 Å². The Kier molecular flexibility index (Phi) is 12.2. The largest absolute Gasteiger partial charge is 0.483 e. The molecule has 336 valence electrons. The van der Waals surface area contributed by atoms with Gasteiger partial charge in [0, 0.05) is 58.0 Å². The minimum Gasteiger partial charge on any atom is -0.483 e. The van der Waals surface area contributed by atoms with Crippen LogP contribution in [-0.4, -0.2) is 15.0 Å². The first-order chi connectivity index (χ1) is 33.6. The Bertz CT molecular complexity index is 3230. The van der Waals surface area contributed by atoms with Gasteiger partial charge in [0.1, 0.15) is 28.5 Å². The van der Waals surface area contributed by atoms with Crippen LogP contribution in [0.2, 0.25) is 0 Å². The highest BCUT2D eigenvalue weighted by Crippen LogP contribution is 2.44. The number of nitrogens with zero attached hydrogens (tertiary/aromatic N) is 3. The van der Waals surface area contributed by atoms with Crippen molar-refractivity contribution >= 4 is 0 Å². The van der Waals surface area contributed by atoms with Gasteiger partial charge in [0.25, 0.3) is 0 Å². The van der Waals surface area contributed by atoms with E-state index >= 15 is 4.39 Å². The van der Waals surface area contributed by atoms with Crippen LogP contribution in [0.5, 0.6) is 11.5 Å². The van der Waals surface area contributed by atoms with E-state index in [1.807, 2.05) is 180 Å². The number of rotatable bonds is 13. The molecule has 0 aliphatic heterocycles. The lowest BCUT2D eigenvalue weighted by molar-refractivity contribution is 0.0989. The smallest absolute Gasteiger partial charge is 0.130 e. The van der Waals surface area contributed by atoms with Gasteiger partial charge in [0.2, 0.25) is 0 Å². The number of pyridine rings is 3. The molecular formula is C63H50FN3O2. The summed E-state index contributed by atoms with van der Waals surface area (Å²) in [6, 6.07) is 70.3. The SMILES string of the molecule is CC(C)(Oc1cc(OC(C)(C)c2ccc(-c3ccccc3)nc2)cc(-c2cc(F)ccc2-c2cnc(-c3ccccc3)cc2-c2ccc(-c3ccccc3)cc2)c1)c1ccc(-c2ccccc2)nc1. The monoisotopic (exact) mass is 899 g/mol. The van der Waals surface area contributed by atoms with Crippen LogP contribution in [-0.2, 0) is 11.2 Å². The molecule has 0 saturated carbocycles. The average Bonchev–Trinajstić information content (AvgIpc) is 3.39. The number of hydrogen-bond acceptors (Lipinski definition) is 5. The van der Waals surface area contributed by atoms with Gasteiger partial charge in [-0.05, 0) is 109 Å². The number of halogens is 1. The van der Waals surface area contributed by atoms with Crippen LogP contribution in [0.1, 0.15) is 38.8 Å². The van der Waals surface area contributed by atoms with Gasteiger partial charge in [-0.1, -0.05) is 164 Å². The van der Waals surface area contributed by atoms with Crippen LogP contribution >= 0.6 is 0 Å². The molecule has 3 heterocycles. The van der Waals surface area contributed by atoms with E-state index in [0.29, 0.717) is 22.6 Å². The highest BCUT2D eigenvalue weighted by atomic mass is 19.1. The van der Waals surface area contributed by atoms with Crippen molar-refractivity contribution in [1.82, 2.24) is 15.0 Å². The summed E-state index contributed by atoms with van der Waals surface area (Å²) < 4.78 is 29.8. The Labute approximate surface area is 403 Å². The summed E-state index contributed by atoms with van der Waals surface area (Å²) >= 11 is 0. The van der Waals surface area contributed by atoms with Gasteiger partial charge in [0.05, 0.1) is 17.1 Å². The molecule has 0 unspecified atom stereocenters. The lowest BCUT2D eigenvalue weighted by Crippen LogP contribution is -2.26. The zero-order valence-corrected chi connectivity index (χ0v) is 39.0. The van der Waals surface area contributed by atoms with Crippen molar-refractivity contribution < 1.29 is 13.9 Å². The molecule has 0 aliphatic rings. The molecule has 0 bridgehead atoms. The fraction of sp³-hybridized carbons (Fsp3) is 0.0952. The van der Waals surface area contributed by atoms with E-state index in [1.54, 1.807) is 6.07 Å². The predicted molar refractivity (Wildman–Crippen MR) is 278 cm³/mol. The standard InChI is InChI=1S/C63H50FN3O2/c1-62(2,50-29-33-59(65-40-50)46-19-11-6-12-20-46)68-53-35-49(36-54(38-53)69-63(3,4)51-30-34-60(66-41-51)47-21-13-7-14-22-47)56-37-52(64)31-32-55(56)58-42-67-61(48-23-15-8-16-24-48)39-57(58)45-27-25-44(26-28-45)43-17-9-5-10-18-43/h5-42H,1-4H3. The second kappa shape index (κ2) is 19.0. The molecule has 5 nitrogen and oxygen atoms in total. The van der Waals surface area contributed by atoms with Gasteiger partial charge < -0.3 is 9.47 Å². The lowest BCUT2D eigenvalue weighted by Gasteiger charge is -2.30. The third-order valence-electron chi connectivity index (χ3n) is 12.5. The first-order valence-electron chi connectivity index (χ1n) is 23.1. The first-order valence-corrected chi connectivity index (χ1v) is 23.1. The molecular weight excluding hydrogens is 850 g/mol. The second-order valence-electron chi connectivity index (χ2n) is 18.1. The maximum absolute atomic E-state index is 15.9. The summed E-state index contributed by atoms with van der Waals surface area (Å²) in [5, 5.41) is 0. The number of aromatic nitrogens is 3. The van der Waals surface area contributed by atoms with E-state index in [9.17, 15) is 0 Å². The van der Waals surface area contributed by atoms with Gasteiger partial charge in [-0.2, -0.15) is 0 Å². The highest BCUT2D eigenvalue weighted by Gasteiger charge is 2.28. The Balaban J connectivity index is 1.08. The Morgan fingerprint density at radius 3 is 1.22 bits per heavy atom. The summed E-state index contributed by atoms with van der Waals surface area (Å²) in [6.45, 7) is 8.08. The Hall–Kier alpha value is -8.48. The van der Waals surface area contributed by atoms with Crippen molar-refractivity contribution in [3.63, 3.8) is 0 Å². The Morgan fingerprint density at radius 1 is 0.319 bits per heavy atom. The molecule has 0 saturated heterocycles. The van der Waals surface area contributed by atoms with E-state index in [1.165, 1.54) is 6.07 Å². The molecule has 3 aromatic heterocycles. The van der Waals surface area contributed by atoms with Crippen molar-refractivity contribution in [2.75, 3.05) is 0 Å². The van der Waals surface area contributed by atoms with Crippen LogP contribution in [0.3, 0.4) is 0 Å². The van der Waals surface area contributed by atoms with Crippen molar-refractivity contribution in [2.45, 2.75) is 38.9 Å². The van der Waals surface area contributed by atoms with Crippen LogP contribution in [0, 0.1) is 5.82 Å². The van der Waals surface area contributed by atoms with E-state index in [2.05, 4.69) is 66.7 Å². The average molecular weight is 900 g/mol.